The first-order chi connectivity index (χ1) is 37.8. The van der Waals surface area contributed by atoms with E-state index in [2.05, 4.69) is 82.2 Å². The van der Waals surface area contributed by atoms with Crippen LogP contribution in [-0.4, -0.2) is 29.8 Å². The van der Waals surface area contributed by atoms with E-state index in [-0.39, 0.29) is 22.0 Å². The van der Waals surface area contributed by atoms with Crippen molar-refractivity contribution in [2.45, 2.75) is 35.5 Å². The number of fused-ring (bicyclic) bond motifs is 3. The summed E-state index contributed by atoms with van der Waals surface area (Å²) in [6.45, 7) is 3.84. The highest BCUT2D eigenvalue weighted by Crippen LogP contribution is 2.56. The summed E-state index contributed by atoms with van der Waals surface area (Å²) in [5.74, 6) is 2.24. The second-order valence-electron chi connectivity index (χ2n) is 19.1. The van der Waals surface area contributed by atoms with Gasteiger partial charge in [0.15, 0.2) is 11.6 Å². The van der Waals surface area contributed by atoms with E-state index >= 15 is 0 Å². The van der Waals surface area contributed by atoms with Crippen molar-refractivity contribution in [2.24, 2.45) is 0 Å². The predicted molar refractivity (Wildman–Crippen MR) is 301 cm³/mol. The van der Waals surface area contributed by atoms with Gasteiger partial charge in [0.2, 0.25) is 0 Å². The number of ether oxygens (including phenoxy) is 2. The Bertz CT molecular complexity index is 3930. The summed E-state index contributed by atoms with van der Waals surface area (Å²) in [4.78, 5) is 27.0. The highest BCUT2D eigenvalue weighted by atomic mass is 32.2. The van der Waals surface area contributed by atoms with E-state index in [1.165, 1.54) is 6.07 Å². The summed E-state index contributed by atoms with van der Waals surface area (Å²) in [6, 6.07) is 72.3. The molecule has 0 heterocycles. The lowest BCUT2D eigenvalue weighted by Crippen LogP contribution is -2.28. The van der Waals surface area contributed by atoms with Gasteiger partial charge in [-0.15, -0.1) is 4.33 Å². The molecule has 0 aliphatic heterocycles. The molecule has 0 saturated carbocycles. The van der Waals surface area contributed by atoms with E-state index < -0.39 is 15.5 Å². The van der Waals surface area contributed by atoms with E-state index in [0.29, 0.717) is 79.7 Å². The van der Waals surface area contributed by atoms with E-state index in [1.807, 2.05) is 86.6 Å². The molecule has 0 bridgehead atoms. The van der Waals surface area contributed by atoms with Gasteiger partial charge in [-0.3, -0.25) is 14.1 Å². The van der Waals surface area contributed by atoms with Crippen LogP contribution in [-0.2, 0) is 31.3 Å². The maximum atomic E-state index is 13.7. The maximum absolute atomic E-state index is 13.7. The Morgan fingerprint density at radius 1 is 0.462 bits per heavy atom. The summed E-state index contributed by atoms with van der Waals surface area (Å²) in [7, 11) is -4.66. The Kier molecular flexibility index (Phi) is 14.3. The molecule has 1 aliphatic carbocycles. The topological polar surface area (TPSA) is 146 Å². The van der Waals surface area contributed by atoms with Crippen LogP contribution in [0.15, 0.2) is 240 Å². The van der Waals surface area contributed by atoms with Crippen LogP contribution in [0.25, 0.3) is 22.3 Å². The molecule has 1 aliphatic rings. The quantitative estimate of drug-likeness (QED) is 0.0295. The summed E-state index contributed by atoms with van der Waals surface area (Å²) in [6.07, 6.45) is 0.323. The van der Waals surface area contributed by atoms with Crippen LogP contribution in [0.3, 0.4) is 0 Å². The molecule has 0 fully saturated rings. The number of carbonyl (C=O) groups is 2. The highest BCUT2D eigenvalue weighted by molar-refractivity contribution is 7.94. The fourth-order valence-corrected chi connectivity index (χ4v) is 11.7. The molecule has 384 valence electrons. The van der Waals surface area contributed by atoms with Crippen molar-refractivity contribution < 1.29 is 46.7 Å². The molecule has 0 atom stereocenters. The first-order valence-electron chi connectivity index (χ1n) is 24.9. The molecule has 10 nitrogen and oxygen atoms in total. The zero-order valence-corrected chi connectivity index (χ0v) is 43.8. The monoisotopic (exact) mass is 1060 g/mol. The minimum Gasteiger partial charge on any atom is -0.457 e. The Morgan fingerprint density at radius 3 is 1.35 bits per heavy atom. The second-order valence-corrected chi connectivity index (χ2v) is 21.2. The lowest BCUT2D eigenvalue weighted by molar-refractivity contribution is -0.432. The molecule has 0 unspecified atom stereocenters. The van der Waals surface area contributed by atoms with Crippen molar-refractivity contribution in [1.29, 1.82) is 0 Å². The van der Waals surface area contributed by atoms with Crippen molar-refractivity contribution in [3.05, 3.63) is 297 Å². The zero-order chi connectivity index (χ0) is 54.0. The second kappa shape index (κ2) is 21.7. The predicted octanol–water partition coefficient (Wildman–Crippen LogP) is 15.6. The molecular formula is C66H48O10S2. The number of aryl methyl sites for hydroxylation is 2. The minimum absolute atomic E-state index is 0.0427. The number of carbonyl (C=O) groups excluding carboxylic acids is 2. The van der Waals surface area contributed by atoms with Gasteiger partial charge in [-0.2, -0.15) is 8.42 Å². The molecule has 78 heavy (non-hydrogen) atoms. The van der Waals surface area contributed by atoms with Crippen molar-refractivity contribution in [1.82, 2.24) is 0 Å². The average Bonchev–Trinajstić information content (AvgIpc) is 3.92. The van der Waals surface area contributed by atoms with Crippen molar-refractivity contribution in [3.63, 3.8) is 0 Å². The number of rotatable bonds is 17. The number of hydrogen-bond acceptors (Lipinski definition) is 10. The lowest BCUT2D eigenvalue weighted by Gasteiger charge is -2.34. The smallest absolute Gasteiger partial charge is 0.295 e. The maximum Gasteiger partial charge on any atom is 0.295 e. The third-order valence-corrected chi connectivity index (χ3v) is 15.6. The number of ketones is 2. The molecular weight excluding hydrogens is 1020 g/mol. The van der Waals surface area contributed by atoms with Crippen molar-refractivity contribution >= 4 is 33.7 Å². The molecule has 10 aromatic carbocycles. The molecule has 11 rings (SSSR count). The first-order valence-corrected chi connectivity index (χ1v) is 27.1. The number of hydrogen-bond donors (Lipinski definition) is 2. The van der Waals surface area contributed by atoms with Crippen molar-refractivity contribution in [3.8, 4) is 45.3 Å². The Labute approximate surface area is 456 Å². The van der Waals surface area contributed by atoms with Gasteiger partial charge in [0.25, 0.3) is 10.1 Å². The third kappa shape index (κ3) is 10.3. The van der Waals surface area contributed by atoms with Gasteiger partial charge in [-0.25, -0.2) is 5.26 Å². The van der Waals surface area contributed by atoms with Gasteiger partial charge in [0.05, 0.1) is 17.5 Å². The van der Waals surface area contributed by atoms with Crippen LogP contribution in [0.1, 0.15) is 76.4 Å². The minimum atomic E-state index is -4.66. The Hall–Kier alpha value is -8.72. The van der Waals surface area contributed by atoms with Crippen LogP contribution in [0, 0.1) is 13.8 Å². The molecule has 0 aromatic heterocycles. The molecule has 2 N–H and O–H groups in total. The van der Waals surface area contributed by atoms with Crippen LogP contribution < -0.4 is 9.47 Å². The van der Waals surface area contributed by atoms with E-state index in [9.17, 15) is 22.6 Å². The summed E-state index contributed by atoms with van der Waals surface area (Å²) in [5, 5.41) is 12.5. The molecule has 10 aromatic rings. The van der Waals surface area contributed by atoms with Gasteiger partial charge in [-0.1, -0.05) is 156 Å². The van der Waals surface area contributed by atoms with E-state index in [4.69, 9.17) is 14.7 Å². The molecule has 0 saturated heterocycles. The van der Waals surface area contributed by atoms with E-state index in [1.54, 1.807) is 78.9 Å². The number of benzene rings is 10. The van der Waals surface area contributed by atoms with E-state index in [0.717, 1.165) is 50.1 Å². The SMILES string of the molecule is Cc1ccc(C(=O)c2ccc(Oc3ccc(C4(c5ccc(Oc6ccc(C(=O)c7ccc(Cc8ccc(-c9ccc(C)cc9SOOO)c(S(=O)(=O)O)c8)cc7)cc6)cc5)c5ccccc5-c5ccccc54)cc3)cc2)cc1. The van der Waals surface area contributed by atoms with Crippen LogP contribution in [0.4, 0.5) is 0 Å². The highest BCUT2D eigenvalue weighted by Gasteiger charge is 2.46. The van der Waals surface area contributed by atoms with Crippen molar-refractivity contribution in [2.75, 3.05) is 0 Å². The summed E-state index contributed by atoms with van der Waals surface area (Å²) in [5.41, 5.74) is 12.4. The molecule has 0 radical (unpaired) electrons. The van der Waals surface area contributed by atoms with Gasteiger partial charge in [-0.05, 0) is 161 Å². The summed E-state index contributed by atoms with van der Waals surface area (Å²) >= 11 is 0.696. The molecule has 0 amide bonds. The largest absolute Gasteiger partial charge is 0.457 e. The van der Waals surface area contributed by atoms with Gasteiger partial charge >= 0.3 is 0 Å². The standard InChI is InChI=1S/C66H48O10S2/c1-42-11-17-46(18-12-42)64(67)48-21-29-52(30-22-48)73-54-33-25-50(26-34-54)66(60-9-5-3-7-56(60)57-8-4-6-10-61(57)66)51-27-35-55(36-28-51)74-53-31-23-49(24-32-53)65(68)47-19-14-44(15-20-47)40-45-16-38-59(63(41-45)78(70,71)72)58-37-13-43(2)39-62(58)77-76-75-69/h3-39,41,69H,40H2,1-2H3,(H,70,71,72). The normalized spacial score (nSPS) is 12.4. The Morgan fingerprint density at radius 2 is 0.872 bits per heavy atom. The lowest BCUT2D eigenvalue weighted by atomic mass is 9.68. The Balaban J connectivity index is 0.788. The van der Waals surface area contributed by atoms with Gasteiger partial charge in [0, 0.05) is 32.7 Å². The third-order valence-electron chi connectivity index (χ3n) is 14.1. The molecule has 12 heteroatoms. The van der Waals surface area contributed by atoms with Gasteiger partial charge < -0.3 is 9.47 Å². The fourth-order valence-electron chi connectivity index (χ4n) is 10.3. The fraction of sp³-hybridized carbons (Fsp3) is 0.0606. The van der Waals surface area contributed by atoms with Crippen LogP contribution in [0.5, 0.6) is 23.0 Å². The average molecular weight is 1070 g/mol. The molecule has 0 spiro atoms. The first kappa shape index (κ1) is 51.4. The van der Waals surface area contributed by atoms with Crippen LogP contribution >= 0.6 is 12.0 Å². The van der Waals surface area contributed by atoms with Crippen LogP contribution in [0.2, 0.25) is 0 Å². The zero-order valence-electron chi connectivity index (χ0n) is 42.1. The summed E-state index contributed by atoms with van der Waals surface area (Å²) < 4.78 is 52.9. The van der Waals surface area contributed by atoms with Gasteiger partial charge in [0.1, 0.15) is 27.9 Å².